The molecule has 3 aromatic carbocycles. The van der Waals surface area contributed by atoms with Crippen molar-refractivity contribution in [3.63, 3.8) is 0 Å². The van der Waals surface area contributed by atoms with Gasteiger partial charge >= 0.3 is 0 Å². The van der Waals surface area contributed by atoms with E-state index in [1.54, 1.807) is 0 Å². The predicted octanol–water partition coefficient (Wildman–Crippen LogP) is 7.58. The summed E-state index contributed by atoms with van der Waals surface area (Å²) in [5.41, 5.74) is 7.50. The summed E-state index contributed by atoms with van der Waals surface area (Å²) in [5.74, 6) is 1.70. The predicted molar refractivity (Wildman–Crippen MR) is 143 cm³/mol. The topological polar surface area (TPSA) is 50.4 Å². The molecule has 1 aliphatic heterocycles. The molecule has 0 radical (unpaired) electrons. The SMILES string of the molecule is CCCOc1ccc(C2CC(=O)C3=C(C2)Nc2ccccc2NC3c2ccc(C(C)C)cc2)cc1. The van der Waals surface area contributed by atoms with Crippen molar-refractivity contribution >= 4 is 17.2 Å². The van der Waals surface area contributed by atoms with Gasteiger partial charge in [0, 0.05) is 17.7 Å². The fourth-order valence-electron chi connectivity index (χ4n) is 5.11. The average Bonchev–Trinajstić information content (AvgIpc) is 3.05. The van der Waals surface area contributed by atoms with Gasteiger partial charge < -0.3 is 15.4 Å². The van der Waals surface area contributed by atoms with Crippen molar-refractivity contribution in [2.24, 2.45) is 0 Å². The first-order chi connectivity index (χ1) is 17.0. The molecule has 5 rings (SSSR count). The minimum absolute atomic E-state index is 0.142. The Labute approximate surface area is 208 Å². The number of nitrogens with one attached hydrogen (secondary N) is 2. The number of carbonyl (C=O) groups is 1. The minimum Gasteiger partial charge on any atom is -0.494 e. The van der Waals surface area contributed by atoms with Gasteiger partial charge in [-0.15, -0.1) is 0 Å². The highest BCUT2D eigenvalue weighted by atomic mass is 16.5. The normalized spacial score (nSPS) is 19.4. The van der Waals surface area contributed by atoms with Crippen LogP contribution in [0.15, 0.2) is 84.1 Å². The van der Waals surface area contributed by atoms with Crippen LogP contribution in [0.4, 0.5) is 11.4 Å². The molecule has 2 aliphatic rings. The molecule has 2 unspecified atom stereocenters. The highest BCUT2D eigenvalue weighted by molar-refractivity contribution is 6.01. The lowest BCUT2D eigenvalue weighted by atomic mass is 9.78. The monoisotopic (exact) mass is 466 g/mol. The largest absolute Gasteiger partial charge is 0.494 e. The summed E-state index contributed by atoms with van der Waals surface area (Å²) in [6.07, 6.45) is 2.29. The van der Waals surface area contributed by atoms with Gasteiger partial charge in [-0.2, -0.15) is 0 Å². The Morgan fingerprint density at radius 2 is 1.57 bits per heavy atom. The third-order valence-electron chi connectivity index (χ3n) is 7.07. The first-order valence-electron chi connectivity index (χ1n) is 12.7. The van der Waals surface area contributed by atoms with E-state index in [0.29, 0.717) is 18.9 Å². The minimum atomic E-state index is -0.180. The van der Waals surface area contributed by atoms with Gasteiger partial charge in [-0.05, 0) is 65.6 Å². The summed E-state index contributed by atoms with van der Waals surface area (Å²) < 4.78 is 5.75. The molecule has 0 saturated heterocycles. The van der Waals surface area contributed by atoms with Gasteiger partial charge in [-0.1, -0.05) is 69.3 Å². The van der Waals surface area contributed by atoms with Gasteiger partial charge in [0.15, 0.2) is 5.78 Å². The number of ketones is 1. The molecular weight excluding hydrogens is 432 g/mol. The molecule has 4 heteroatoms. The fraction of sp³-hybridized carbons (Fsp3) is 0.323. The number of anilines is 2. The van der Waals surface area contributed by atoms with E-state index in [-0.39, 0.29) is 17.7 Å². The van der Waals surface area contributed by atoms with Gasteiger partial charge in [0.1, 0.15) is 5.75 Å². The first kappa shape index (κ1) is 23.2. The second kappa shape index (κ2) is 9.99. The number of ether oxygens (including phenoxy) is 1. The Morgan fingerprint density at radius 3 is 2.26 bits per heavy atom. The van der Waals surface area contributed by atoms with Gasteiger partial charge in [-0.3, -0.25) is 4.79 Å². The van der Waals surface area contributed by atoms with E-state index in [0.717, 1.165) is 46.8 Å². The van der Waals surface area contributed by atoms with E-state index in [2.05, 4.69) is 79.9 Å². The van der Waals surface area contributed by atoms with Gasteiger partial charge in [0.25, 0.3) is 0 Å². The summed E-state index contributed by atoms with van der Waals surface area (Å²) >= 11 is 0. The smallest absolute Gasteiger partial charge is 0.163 e. The second-order valence-electron chi connectivity index (χ2n) is 9.91. The number of fused-ring (bicyclic) bond motifs is 1. The van der Waals surface area contributed by atoms with Crippen molar-refractivity contribution in [1.82, 2.24) is 0 Å². The lowest BCUT2D eigenvalue weighted by molar-refractivity contribution is -0.116. The summed E-state index contributed by atoms with van der Waals surface area (Å²) in [7, 11) is 0. The molecule has 35 heavy (non-hydrogen) atoms. The zero-order valence-electron chi connectivity index (χ0n) is 20.8. The maximum atomic E-state index is 13.7. The zero-order valence-corrected chi connectivity index (χ0v) is 20.8. The molecular formula is C31H34N2O2. The highest BCUT2D eigenvalue weighted by Crippen LogP contribution is 2.44. The number of rotatable bonds is 6. The summed E-state index contributed by atoms with van der Waals surface area (Å²) in [6.45, 7) is 7.22. The quantitative estimate of drug-likeness (QED) is 0.393. The van der Waals surface area contributed by atoms with Crippen molar-refractivity contribution in [3.8, 4) is 5.75 Å². The van der Waals surface area contributed by atoms with E-state index in [1.807, 2.05) is 24.3 Å². The molecule has 0 fully saturated rings. The van der Waals surface area contributed by atoms with Crippen LogP contribution in [0.1, 0.15) is 74.6 Å². The fourth-order valence-corrected chi connectivity index (χ4v) is 5.11. The average molecular weight is 467 g/mol. The number of benzene rings is 3. The number of para-hydroxylation sites is 2. The zero-order chi connectivity index (χ0) is 24.4. The van der Waals surface area contributed by atoms with Crippen LogP contribution in [0.5, 0.6) is 5.75 Å². The summed E-state index contributed by atoms with van der Waals surface area (Å²) in [6, 6.07) is 25.0. The number of Topliss-reactive ketones (excluding diaryl/α,β-unsaturated/α-hetero) is 1. The van der Waals surface area contributed by atoms with E-state index >= 15 is 0 Å². The van der Waals surface area contributed by atoms with Crippen molar-refractivity contribution in [2.75, 3.05) is 17.2 Å². The first-order valence-corrected chi connectivity index (χ1v) is 12.7. The van der Waals surface area contributed by atoms with Crippen LogP contribution in [0.2, 0.25) is 0 Å². The molecule has 0 saturated carbocycles. The summed E-state index contributed by atoms with van der Waals surface area (Å²) in [4.78, 5) is 13.7. The van der Waals surface area contributed by atoms with E-state index in [4.69, 9.17) is 4.74 Å². The Morgan fingerprint density at radius 1 is 0.886 bits per heavy atom. The molecule has 0 bridgehead atoms. The lowest BCUT2D eigenvalue weighted by Crippen LogP contribution is -2.26. The third kappa shape index (κ3) is 4.84. The standard InChI is InChI=1S/C31H34N2O2/c1-4-17-35-25-15-13-22(14-16-25)24-18-28-30(29(34)19-24)31(23-11-9-21(10-12-23)20(2)3)33-27-8-6-5-7-26(27)32-28/h5-16,20,24,31-33H,4,17-19H2,1-3H3. The Bertz CT molecular complexity index is 1230. The number of hydrogen-bond acceptors (Lipinski definition) is 4. The Kier molecular flexibility index (Phi) is 6.63. The van der Waals surface area contributed by atoms with Crippen molar-refractivity contribution in [1.29, 1.82) is 0 Å². The second-order valence-corrected chi connectivity index (χ2v) is 9.91. The highest BCUT2D eigenvalue weighted by Gasteiger charge is 2.36. The van der Waals surface area contributed by atoms with Crippen molar-refractivity contribution < 1.29 is 9.53 Å². The Hall–Kier alpha value is -3.53. The van der Waals surface area contributed by atoms with Crippen LogP contribution in [-0.4, -0.2) is 12.4 Å². The van der Waals surface area contributed by atoms with E-state index in [1.165, 1.54) is 11.1 Å². The van der Waals surface area contributed by atoms with Crippen LogP contribution < -0.4 is 15.4 Å². The molecule has 3 aromatic rings. The van der Waals surface area contributed by atoms with Crippen LogP contribution >= 0.6 is 0 Å². The molecule has 1 heterocycles. The van der Waals surface area contributed by atoms with Crippen molar-refractivity contribution in [2.45, 2.75) is 57.9 Å². The molecule has 2 N–H and O–H groups in total. The lowest BCUT2D eigenvalue weighted by Gasteiger charge is -2.30. The number of allylic oxidation sites excluding steroid dienone is 1. The van der Waals surface area contributed by atoms with Crippen LogP contribution in [0.3, 0.4) is 0 Å². The van der Waals surface area contributed by atoms with E-state index in [9.17, 15) is 4.79 Å². The molecule has 1 aliphatic carbocycles. The molecule has 2 atom stereocenters. The van der Waals surface area contributed by atoms with Crippen LogP contribution in [-0.2, 0) is 4.79 Å². The maximum absolute atomic E-state index is 13.7. The third-order valence-corrected chi connectivity index (χ3v) is 7.07. The molecule has 0 amide bonds. The van der Waals surface area contributed by atoms with Crippen LogP contribution in [0.25, 0.3) is 0 Å². The van der Waals surface area contributed by atoms with E-state index < -0.39 is 0 Å². The molecule has 180 valence electrons. The van der Waals surface area contributed by atoms with Crippen LogP contribution in [0, 0.1) is 0 Å². The van der Waals surface area contributed by atoms with Gasteiger partial charge in [0.05, 0.1) is 24.0 Å². The molecule has 4 nitrogen and oxygen atoms in total. The number of carbonyl (C=O) groups excluding carboxylic acids is 1. The van der Waals surface area contributed by atoms with Gasteiger partial charge in [0.2, 0.25) is 0 Å². The Balaban J connectivity index is 1.50. The molecule has 0 aromatic heterocycles. The molecule has 0 spiro atoms. The van der Waals surface area contributed by atoms with Gasteiger partial charge in [-0.25, -0.2) is 0 Å². The van der Waals surface area contributed by atoms with Crippen molar-refractivity contribution in [3.05, 3.63) is 101 Å². The number of hydrogen-bond donors (Lipinski definition) is 2. The maximum Gasteiger partial charge on any atom is 0.163 e. The summed E-state index contributed by atoms with van der Waals surface area (Å²) in [5, 5.41) is 7.31.